The molecule has 3 fully saturated rings. The molecule has 0 bridgehead atoms. The molecule has 0 spiro atoms. The first-order valence-electron chi connectivity index (χ1n) is 18.6. The monoisotopic (exact) mass is 695 g/mol. The second kappa shape index (κ2) is 17.4. The number of nitrogens with zero attached hydrogens (tertiary/aromatic N) is 3. The number of hydrogen-bond acceptors (Lipinski definition) is 8. The predicted molar refractivity (Wildman–Crippen MR) is 187 cm³/mol. The number of aromatic nitrogens is 2. The van der Waals surface area contributed by atoms with Gasteiger partial charge in [0.25, 0.3) is 11.8 Å². The van der Waals surface area contributed by atoms with Gasteiger partial charge in [-0.2, -0.15) is 0 Å². The van der Waals surface area contributed by atoms with Gasteiger partial charge in [0, 0.05) is 25.0 Å². The maximum atomic E-state index is 14.7. The molecule has 3 aliphatic rings. The van der Waals surface area contributed by atoms with Crippen molar-refractivity contribution in [3.63, 3.8) is 0 Å². The Morgan fingerprint density at radius 3 is 2.20 bits per heavy atom. The molecule has 4 N–H and O–H groups in total. The van der Waals surface area contributed by atoms with Crippen LogP contribution in [0.5, 0.6) is 0 Å². The predicted octanol–water partition coefficient (Wildman–Crippen LogP) is 3.08. The Kier molecular flexibility index (Phi) is 13.5. The fourth-order valence-electron chi connectivity index (χ4n) is 7.44. The highest BCUT2D eigenvalue weighted by Crippen LogP contribution is 2.36. The minimum absolute atomic E-state index is 0.00439. The third-order valence-electron chi connectivity index (χ3n) is 10.4. The summed E-state index contributed by atoms with van der Waals surface area (Å²) < 4.78 is 0. The molecule has 1 aromatic heterocycles. The second-order valence-electron chi connectivity index (χ2n) is 15.6. The van der Waals surface area contributed by atoms with Gasteiger partial charge < -0.3 is 26.2 Å². The van der Waals surface area contributed by atoms with E-state index in [-0.39, 0.29) is 29.5 Å². The standard InChI is InChI=1S/C37H57N7O6/c1-7-12-25-22(3)21-44(29(25)34(48)41-26(13-8-2)30(45)35(49)40-24-16-17-24)36(50)31(37(4,5)6)43-33(47)28(23-14-10-9-11-15-23)42-32(46)27-20-38-18-19-39-27/h18-20,22-26,28-29,31H,7-17,21H2,1-6H3,(H,40,49)(H,41,48)(H,42,46)(H,43,47)/t22?,25?,26?,28-,29-,31?/m0/s1. The highest BCUT2D eigenvalue weighted by atomic mass is 16.2. The summed E-state index contributed by atoms with van der Waals surface area (Å²) in [6.07, 6.45) is 12.7. The first kappa shape index (κ1) is 38.9. The largest absolute Gasteiger partial charge is 0.347 e. The Hall–Kier alpha value is -3.90. The highest BCUT2D eigenvalue weighted by molar-refractivity contribution is 6.38. The van der Waals surface area contributed by atoms with Gasteiger partial charge in [-0.15, -0.1) is 0 Å². The summed E-state index contributed by atoms with van der Waals surface area (Å²) in [6.45, 7) is 11.8. The summed E-state index contributed by atoms with van der Waals surface area (Å²) >= 11 is 0. The van der Waals surface area contributed by atoms with Crippen molar-refractivity contribution in [2.24, 2.45) is 23.2 Å². The van der Waals surface area contributed by atoms with E-state index in [0.717, 1.165) is 51.4 Å². The van der Waals surface area contributed by atoms with E-state index in [9.17, 15) is 28.8 Å². The number of carbonyl (C=O) groups is 6. The van der Waals surface area contributed by atoms with Crippen molar-refractivity contribution in [2.75, 3.05) is 6.54 Å². The maximum absolute atomic E-state index is 14.7. The van der Waals surface area contributed by atoms with Gasteiger partial charge in [0.1, 0.15) is 23.8 Å². The summed E-state index contributed by atoms with van der Waals surface area (Å²) in [5, 5.41) is 11.5. The Bertz CT molecular complexity index is 1370. The highest BCUT2D eigenvalue weighted by Gasteiger charge is 2.50. The fourth-order valence-corrected chi connectivity index (χ4v) is 7.44. The Morgan fingerprint density at radius 2 is 1.62 bits per heavy atom. The van der Waals surface area contributed by atoms with Crippen molar-refractivity contribution in [3.8, 4) is 0 Å². The lowest BCUT2D eigenvalue weighted by Crippen LogP contribution is -2.62. The molecule has 13 heteroatoms. The molecule has 2 aliphatic carbocycles. The van der Waals surface area contributed by atoms with Gasteiger partial charge in [-0.05, 0) is 61.7 Å². The van der Waals surface area contributed by atoms with Gasteiger partial charge in [0.15, 0.2) is 0 Å². The molecular weight excluding hydrogens is 638 g/mol. The summed E-state index contributed by atoms with van der Waals surface area (Å²) in [5.74, 6) is -3.55. The van der Waals surface area contributed by atoms with E-state index < -0.39 is 64.9 Å². The minimum Gasteiger partial charge on any atom is -0.347 e. The molecule has 4 rings (SSSR count). The van der Waals surface area contributed by atoms with Crippen LogP contribution >= 0.6 is 0 Å². The van der Waals surface area contributed by atoms with Crippen molar-refractivity contribution in [1.29, 1.82) is 0 Å². The number of likely N-dealkylation sites (tertiary alicyclic amines) is 1. The number of carbonyl (C=O) groups excluding carboxylic acids is 6. The Labute approximate surface area is 296 Å². The number of ketones is 1. The SMILES string of the molecule is CCCC(NC(=O)[C@@H]1C(CCC)C(C)CN1C(=O)C(NC(=O)[C@@H](NC(=O)c1cnccn1)C1CCCCC1)C(C)(C)C)C(=O)C(=O)NC1CC1. The normalized spacial score (nSPS) is 22.9. The molecule has 2 saturated carbocycles. The third-order valence-corrected chi connectivity index (χ3v) is 10.4. The molecule has 2 heterocycles. The fraction of sp³-hybridized carbons (Fsp3) is 0.730. The quantitative estimate of drug-likeness (QED) is 0.202. The van der Waals surface area contributed by atoms with Gasteiger partial charge >= 0.3 is 0 Å². The first-order chi connectivity index (χ1) is 23.8. The van der Waals surface area contributed by atoms with Gasteiger partial charge in [-0.3, -0.25) is 33.8 Å². The molecule has 1 aromatic rings. The number of Topliss-reactive ketones (excluding diaryl/α,β-unsaturated/α-hetero) is 1. The van der Waals surface area contributed by atoms with E-state index in [1.807, 2.05) is 41.5 Å². The van der Waals surface area contributed by atoms with Crippen LogP contribution in [0.25, 0.3) is 0 Å². The van der Waals surface area contributed by atoms with E-state index in [0.29, 0.717) is 25.8 Å². The lowest BCUT2D eigenvalue weighted by Gasteiger charge is -2.38. The molecule has 0 aromatic carbocycles. The molecule has 13 nitrogen and oxygen atoms in total. The second-order valence-corrected chi connectivity index (χ2v) is 15.6. The molecule has 0 radical (unpaired) electrons. The van der Waals surface area contributed by atoms with Crippen molar-refractivity contribution in [1.82, 2.24) is 36.1 Å². The summed E-state index contributed by atoms with van der Waals surface area (Å²) in [7, 11) is 0. The number of amides is 5. The molecular formula is C37H57N7O6. The van der Waals surface area contributed by atoms with Gasteiger partial charge in [-0.25, -0.2) is 4.98 Å². The molecule has 4 unspecified atom stereocenters. The summed E-state index contributed by atoms with van der Waals surface area (Å²) in [5.41, 5.74) is -0.663. The van der Waals surface area contributed by atoms with Gasteiger partial charge in [-0.1, -0.05) is 73.6 Å². The van der Waals surface area contributed by atoms with Gasteiger partial charge in [0.05, 0.1) is 12.2 Å². The zero-order valence-electron chi connectivity index (χ0n) is 30.6. The number of hydrogen-bond donors (Lipinski definition) is 4. The number of nitrogens with one attached hydrogen (secondary N) is 4. The van der Waals surface area contributed by atoms with Crippen LogP contribution in [0.4, 0.5) is 0 Å². The molecule has 1 saturated heterocycles. The van der Waals surface area contributed by atoms with Crippen LogP contribution < -0.4 is 21.3 Å². The lowest BCUT2D eigenvalue weighted by molar-refractivity contribution is -0.146. The molecule has 5 amide bonds. The van der Waals surface area contributed by atoms with Crippen LogP contribution in [0.1, 0.15) is 123 Å². The van der Waals surface area contributed by atoms with Crippen LogP contribution in [-0.2, 0) is 24.0 Å². The zero-order valence-corrected chi connectivity index (χ0v) is 30.6. The van der Waals surface area contributed by atoms with Crippen LogP contribution in [0.2, 0.25) is 0 Å². The molecule has 276 valence electrons. The van der Waals surface area contributed by atoms with Crippen molar-refractivity contribution in [2.45, 2.75) is 142 Å². The van der Waals surface area contributed by atoms with E-state index in [1.165, 1.54) is 18.6 Å². The Morgan fingerprint density at radius 1 is 0.920 bits per heavy atom. The minimum atomic E-state index is -1.02. The van der Waals surface area contributed by atoms with E-state index in [4.69, 9.17) is 0 Å². The number of rotatable bonds is 15. The molecule has 1 aliphatic heterocycles. The van der Waals surface area contributed by atoms with Crippen LogP contribution in [0.3, 0.4) is 0 Å². The average Bonchev–Trinajstić information content (AvgIpc) is 3.85. The van der Waals surface area contributed by atoms with Gasteiger partial charge in [0.2, 0.25) is 23.5 Å². The zero-order chi connectivity index (χ0) is 36.6. The first-order valence-corrected chi connectivity index (χ1v) is 18.6. The van der Waals surface area contributed by atoms with E-state index >= 15 is 0 Å². The summed E-state index contributed by atoms with van der Waals surface area (Å²) in [4.78, 5) is 91.7. The lowest BCUT2D eigenvalue weighted by atomic mass is 9.82. The van der Waals surface area contributed by atoms with E-state index in [2.05, 4.69) is 31.2 Å². The topological polar surface area (TPSA) is 180 Å². The third kappa shape index (κ3) is 9.87. The van der Waals surface area contributed by atoms with Crippen LogP contribution in [0.15, 0.2) is 18.6 Å². The van der Waals surface area contributed by atoms with E-state index in [1.54, 1.807) is 4.90 Å². The maximum Gasteiger partial charge on any atom is 0.289 e. The summed E-state index contributed by atoms with van der Waals surface area (Å²) in [6, 6.07) is -3.80. The van der Waals surface area contributed by atoms with Crippen molar-refractivity contribution < 1.29 is 28.8 Å². The van der Waals surface area contributed by atoms with Crippen molar-refractivity contribution >= 4 is 35.3 Å². The van der Waals surface area contributed by atoms with Crippen LogP contribution in [0, 0.1) is 23.2 Å². The Balaban J connectivity index is 1.58. The molecule has 6 atom stereocenters. The van der Waals surface area contributed by atoms with Crippen LogP contribution in [-0.4, -0.2) is 86.9 Å². The van der Waals surface area contributed by atoms with Crippen molar-refractivity contribution in [3.05, 3.63) is 24.3 Å². The smallest absolute Gasteiger partial charge is 0.289 e. The molecule has 50 heavy (non-hydrogen) atoms. The average molecular weight is 696 g/mol.